The number of hydrogen-bond donors (Lipinski definition) is 2. The minimum absolute atomic E-state index is 0.0670. The number of nitrogens with zero attached hydrogens (tertiary/aromatic N) is 1. The predicted molar refractivity (Wildman–Crippen MR) is 95.1 cm³/mol. The number of benzene rings is 2. The van der Waals surface area contributed by atoms with Crippen molar-refractivity contribution in [1.29, 1.82) is 0 Å². The van der Waals surface area contributed by atoms with Crippen LogP contribution in [-0.2, 0) is 11.2 Å². The van der Waals surface area contributed by atoms with Gasteiger partial charge in [-0.3, -0.25) is 19.7 Å². The molecule has 0 unspecified atom stereocenters. The highest BCUT2D eigenvalue weighted by molar-refractivity contribution is 5.97. The highest BCUT2D eigenvalue weighted by Gasteiger charge is 2.17. The van der Waals surface area contributed by atoms with Crippen molar-refractivity contribution in [3.8, 4) is 5.75 Å². The quantitative estimate of drug-likeness (QED) is 0.424. The molecule has 2 aromatic rings. The SMILES string of the molecule is COc1ccc([N+](=O)[O-])cc1C(=O)NCCNC(=O)Cc1ccccc1. The standard InChI is InChI=1S/C18H19N3O5/c1-26-16-8-7-14(21(24)25)12-15(16)18(23)20-10-9-19-17(22)11-13-5-3-2-4-6-13/h2-8,12H,9-11H2,1H3,(H,19,22)(H,20,23). The molecule has 2 aromatic carbocycles. The van der Waals surface area contributed by atoms with Crippen LogP contribution in [-0.4, -0.2) is 36.9 Å². The Labute approximate surface area is 150 Å². The van der Waals surface area contributed by atoms with Crippen molar-refractivity contribution in [1.82, 2.24) is 10.6 Å². The van der Waals surface area contributed by atoms with Crippen LogP contribution >= 0.6 is 0 Å². The van der Waals surface area contributed by atoms with Gasteiger partial charge in [0.05, 0.1) is 24.0 Å². The Morgan fingerprint density at radius 1 is 1.08 bits per heavy atom. The van der Waals surface area contributed by atoms with Gasteiger partial charge < -0.3 is 15.4 Å². The third-order valence-electron chi connectivity index (χ3n) is 3.58. The van der Waals surface area contributed by atoms with Crippen molar-refractivity contribution in [2.45, 2.75) is 6.42 Å². The molecule has 0 saturated carbocycles. The molecule has 0 atom stereocenters. The van der Waals surface area contributed by atoms with Gasteiger partial charge in [0, 0.05) is 25.2 Å². The number of methoxy groups -OCH3 is 1. The molecule has 0 bridgehead atoms. The molecular formula is C18H19N3O5. The van der Waals surface area contributed by atoms with E-state index in [-0.39, 0.29) is 42.4 Å². The lowest BCUT2D eigenvalue weighted by molar-refractivity contribution is -0.384. The van der Waals surface area contributed by atoms with Crippen LogP contribution in [0.15, 0.2) is 48.5 Å². The second-order valence-corrected chi connectivity index (χ2v) is 5.41. The van der Waals surface area contributed by atoms with E-state index < -0.39 is 10.8 Å². The molecular weight excluding hydrogens is 338 g/mol. The molecule has 8 heteroatoms. The van der Waals surface area contributed by atoms with E-state index in [0.29, 0.717) is 0 Å². The van der Waals surface area contributed by atoms with Gasteiger partial charge in [0.2, 0.25) is 5.91 Å². The van der Waals surface area contributed by atoms with Gasteiger partial charge in [-0.1, -0.05) is 30.3 Å². The maximum atomic E-state index is 12.2. The molecule has 0 aromatic heterocycles. The molecule has 0 aliphatic heterocycles. The number of amides is 2. The summed E-state index contributed by atoms with van der Waals surface area (Å²) in [4.78, 5) is 34.3. The van der Waals surface area contributed by atoms with Crippen LogP contribution in [0.2, 0.25) is 0 Å². The molecule has 0 aliphatic carbocycles. The molecule has 0 heterocycles. The zero-order valence-corrected chi connectivity index (χ0v) is 14.2. The van der Waals surface area contributed by atoms with Gasteiger partial charge in [-0.05, 0) is 11.6 Å². The van der Waals surface area contributed by atoms with Gasteiger partial charge in [-0.15, -0.1) is 0 Å². The fourth-order valence-electron chi connectivity index (χ4n) is 2.30. The first-order valence-electron chi connectivity index (χ1n) is 7.92. The molecule has 0 radical (unpaired) electrons. The van der Waals surface area contributed by atoms with Gasteiger partial charge in [0.1, 0.15) is 5.75 Å². The summed E-state index contributed by atoms with van der Waals surface area (Å²) in [6.07, 6.45) is 0.257. The number of non-ortho nitro benzene ring substituents is 1. The van der Waals surface area contributed by atoms with Crippen LogP contribution in [0.4, 0.5) is 5.69 Å². The number of hydrogen-bond acceptors (Lipinski definition) is 5. The van der Waals surface area contributed by atoms with Crippen molar-refractivity contribution in [3.63, 3.8) is 0 Å². The lowest BCUT2D eigenvalue weighted by Crippen LogP contribution is -2.35. The number of nitrogens with one attached hydrogen (secondary N) is 2. The highest BCUT2D eigenvalue weighted by Crippen LogP contribution is 2.23. The Balaban J connectivity index is 1.84. The van der Waals surface area contributed by atoms with E-state index in [0.717, 1.165) is 11.6 Å². The maximum Gasteiger partial charge on any atom is 0.270 e. The summed E-state index contributed by atoms with van der Waals surface area (Å²) < 4.78 is 5.06. The third-order valence-corrected chi connectivity index (χ3v) is 3.58. The Hall–Kier alpha value is -3.42. The normalized spacial score (nSPS) is 10.0. The molecule has 26 heavy (non-hydrogen) atoms. The van der Waals surface area contributed by atoms with Crippen LogP contribution in [0, 0.1) is 10.1 Å². The van der Waals surface area contributed by atoms with Gasteiger partial charge >= 0.3 is 0 Å². The van der Waals surface area contributed by atoms with Gasteiger partial charge in [0.25, 0.3) is 11.6 Å². The van der Waals surface area contributed by atoms with Crippen molar-refractivity contribution >= 4 is 17.5 Å². The van der Waals surface area contributed by atoms with Crippen molar-refractivity contribution in [2.24, 2.45) is 0 Å². The fraction of sp³-hybridized carbons (Fsp3) is 0.222. The van der Waals surface area contributed by atoms with E-state index in [2.05, 4.69) is 10.6 Å². The zero-order valence-electron chi connectivity index (χ0n) is 14.2. The largest absolute Gasteiger partial charge is 0.496 e. The number of carbonyl (C=O) groups is 2. The monoisotopic (exact) mass is 357 g/mol. The molecule has 136 valence electrons. The average molecular weight is 357 g/mol. The van der Waals surface area contributed by atoms with E-state index in [1.165, 1.54) is 19.2 Å². The number of nitro benzene ring substituents is 1. The lowest BCUT2D eigenvalue weighted by atomic mass is 10.1. The lowest BCUT2D eigenvalue weighted by Gasteiger charge is -2.10. The van der Waals surface area contributed by atoms with E-state index in [1.807, 2.05) is 30.3 Å². The van der Waals surface area contributed by atoms with Crippen molar-refractivity contribution in [3.05, 3.63) is 69.8 Å². The summed E-state index contributed by atoms with van der Waals surface area (Å²) in [5, 5.41) is 16.2. The second-order valence-electron chi connectivity index (χ2n) is 5.41. The molecule has 0 spiro atoms. The zero-order chi connectivity index (χ0) is 18.9. The predicted octanol–water partition coefficient (Wildman–Crippen LogP) is 1.69. The maximum absolute atomic E-state index is 12.2. The van der Waals surface area contributed by atoms with E-state index in [9.17, 15) is 19.7 Å². The Kier molecular flexibility index (Phi) is 6.67. The second kappa shape index (κ2) is 9.16. The fourth-order valence-corrected chi connectivity index (χ4v) is 2.30. The van der Waals surface area contributed by atoms with Gasteiger partial charge in [0.15, 0.2) is 0 Å². The molecule has 2 rings (SSSR count). The smallest absolute Gasteiger partial charge is 0.270 e. The minimum atomic E-state index is -0.583. The van der Waals surface area contributed by atoms with E-state index >= 15 is 0 Å². The molecule has 2 N–H and O–H groups in total. The van der Waals surface area contributed by atoms with Crippen LogP contribution < -0.4 is 15.4 Å². The number of carbonyl (C=O) groups excluding carboxylic acids is 2. The molecule has 8 nitrogen and oxygen atoms in total. The van der Waals surface area contributed by atoms with Crippen LogP contribution in [0.5, 0.6) is 5.75 Å². The third kappa shape index (κ3) is 5.30. The number of nitro groups is 1. The van der Waals surface area contributed by atoms with Crippen LogP contribution in [0.25, 0.3) is 0 Å². The van der Waals surface area contributed by atoms with Crippen molar-refractivity contribution in [2.75, 3.05) is 20.2 Å². The minimum Gasteiger partial charge on any atom is -0.496 e. The molecule has 2 amide bonds. The van der Waals surface area contributed by atoms with E-state index in [4.69, 9.17) is 4.74 Å². The summed E-state index contributed by atoms with van der Waals surface area (Å²) in [5.41, 5.74) is 0.764. The van der Waals surface area contributed by atoms with Gasteiger partial charge in [-0.25, -0.2) is 0 Å². The Morgan fingerprint density at radius 2 is 1.77 bits per heavy atom. The highest BCUT2D eigenvalue weighted by atomic mass is 16.6. The van der Waals surface area contributed by atoms with Crippen molar-refractivity contribution < 1.29 is 19.2 Å². The number of ether oxygens (including phenoxy) is 1. The Bertz CT molecular complexity index is 793. The summed E-state index contributed by atoms with van der Waals surface area (Å²) in [6.45, 7) is 0.430. The Morgan fingerprint density at radius 3 is 2.42 bits per heavy atom. The first-order chi connectivity index (χ1) is 12.5. The summed E-state index contributed by atoms with van der Waals surface area (Å²) >= 11 is 0. The summed E-state index contributed by atoms with van der Waals surface area (Å²) in [7, 11) is 1.38. The van der Waals surface area contributed by atoms with Gasteiger partial charge in [-0.2, -0.15) is 0 Å². The molecule has 0 saturated heterocycles. The molecule has 0 aliphatic rings. The number of rotatable bonds is 8. The summed E-state index contributed by atoms with van der Waals surface area (Å²) in [6, 6.07) is 13.1. The summed E-state index contributed by atoms with van der Waals surface area (Å²) in [5.74, 6) is -0.428. The molecule has 0 fully saturated rings. The van der Waals surface area contributed by atoms with Crippen LogP contribution in [0.1, 0.15) is 15.9 Å². The first-order valence-corrected chi connectivity index (χ1v) is 7.92. The van der Waals surface area contributed by atoms with E-state index in [1.54, 1.807) is 0 Å². The average Bonchev–Trinajstić information content (AvgIpc) is 2.65. The topological polar surface area (TPSA) is 111 Å². The first kappa shape index (κ1) is 18.9. The van der Waals surface area contributed by atoms with Crippen LogP contribution in [0.3, 0.4) is 0 Å².